The van der Waals surface area contributed by atoms with E-state index in [-0.39, 0.29) is 6.10 Å². The highest BCUT2D eigenvalue weighted by Gasteiger charge is 2.13. The molecule has 114 valence electrons. The van der Waals surface area contributed by atoms with Gasteiger partial charge in [-0.15, -0.1) is 0 Å². The normalized spacial score (nSPS) is 11.8. The van der Waals surface area contributed by atoms with Crippen LogP contribution in [0.2, 0.25) is 0 Å². The zero-order chi connectivity index (χ0) is 15.0. The van der Waals surface area contributed by atoms with E-state index in [0.717, 1.165) is 19.3 Å². The number of hydrogen-bond donors (Lipinski definition) is 1. The van der Waals surface area contributed by atoms with Gasteiger partial charge in [-0.05, 0) is 19.3 Å². The van der Waals surface area contributed by atoms with Crippen LogP contribution in [0.4, 0.5) is 0 Å². The Hall–Kier alpha value is -1.62. The van der Waals surface area contributed by atoms with Gasteiger partial charge in [-0.25, -0.2) is 0 Å². The third kappa shape index (κ3) is 4.49. The van der Waals surface area contributed by atoms with Crippen LogP contribution in [0.5, 0.6) is 23.0 Å². The fourth-order valence-electron chi connectivity index (χ4n) is 1.85. The molecule has 5 heteroatoms. The van der Waals surface area contributed by atoms with Gasteiger partial charge >= 0.3 is 0 Å². The molecule has 1 N–H and O–H groups in total. The maximum atomic E-state index is 9.48. The smallest absolute Gasteiger partial charge is 0.203 e. The first-order chi connectivity index (χ1) is 9.65. The SMILES string of the molecule is CCC(O)CCCOc1cc(OC)c(OC)c(OC)c1. The largest absolute Gasteiger partial charge is 0.493 e. The monoisotopic (exact) mass is 284 g/mol. The van der Waals surface area contributed by atoms with Crippen LogP contribution in [0.1, 0.15) is 26.2 Å². The Morgan fingerprint density at radius 3 is 2.10 bits per heavy atom. The van der Waals surface area contributed by atoms with E-state index in [0.29, 0.717) is 29.6 Å². The number of benzene rings is 1. The molecular formula is C15H24O5. The van der Waals surface area contributed by atoms with Crippen molar-refractivity contribution in [3.63, 3.8) is 0 Å². The van der Waals surface area contributed by atoms with Crippen LogP contribution < -0.4 is 18.9 Å². The molecule has 1 unspecified atom stereocenters. The zero-order valence-corrected chi connectivity index (χ0v) is 12.6. The van der Waals surface area contributed by atoms with Crippen molar-refractivity contribution in [1.82, 2.24) is 0 Å². The van der Waals surface area contributed by atoms with Crippen LogP contribution in [0.15, 0.2) is 12.1 Å². The molecule has 0 radical (unpaired) electrons. The third-order valence-electron chi connectivity index (χ3n) is 3.06. The lowest BCUT2D eigenvalue weighted by Crippen LogP contribution is -2.07. The molecule has 0 saturated heterocycles. The summed E-state index contributed by atoms with van der Waals surface area (Å²) >= 11 is 0. The van der Waals surface area contributed by atoms with Crippen molar-refractivity contribution >= 4 is 0 Å². The molecular weight excluding hydrogens is 260 g/mol. The lowest BCUT2D eigenvalue weighted by Gasteiger charge is -2.15. The van der Waals surface area contributed by atoms with Crippen molar-refractivity contribution in [2.45, 2.75) is 32.3 Å². The maximum absolute atomic E-state index is 9.48. The predicted molar refractivity (Wildman–Crippen MR) is 77.1 cm³/mol. The predicted octanol–water partition coefficient (Wildman–Crippen LogP) is 2.64. The second-order valence-electron chi connectivity index (χ2n) is 4.41. The van der Waals surface area contributed by atoms with Crippen molar-refractivity contribution in [1.29, 1.82) is 0 Å². The second kappa shape index (κ2) is 8.53. The Bertz CT molecular complexity index is 380. The van der Waals surface area contributed by atoms with Crippen LogP contribution in [0.3, 0.4) is 0 Å². The molecule has 0 aliphatic heterocycles. The fourth-order valence-corrected chi connectivity index (χ4v) is 1.85. The number of methoxy groups -OCH3 is 3. The van der Waals surface area contributed by atoms with Gasteiger partial charge in [0.05, 0.1) is 34.0 Å². The van der Waals surface area contributed by atoms with Gasteiger partial charge in [-0.1, -0.05) is 6.92 Å². The molecule has 0 bridgehead atoms. The molecule has 1 aromatic rings. The highest BCUT2D eigenvalue weighted by Crippen LogP contribution is 2.40. The summed E-state index contributed by atoms with van der Waals surface area (Å²) in [5.74, 6) is 2.33. The van der Waals surface area contributed by atoms with Crippen molar-refractivity contribution < 1.29 is 24.1 Å². The summed E-state index contributed by atoms with van der Waals surface area (Å²) in [7, 11) is 4.70. The van der Waals surface area contributed by atoms with Gasteiger partial charge in [0.1, 0.15) is 5.75 Å². The van der Waals surface area contributed by atoms with E-state index in [9.17, 15) is 5.11 Å². The van der Waals surface area contributed by atoms with Crippen LogP contribution in [0, 0.1) is 0 Å². The van der Waals surface area contributed by atoms with Crippen molar-refractivity contribution in [2.24, 2.45) is 0 Å². The van der Waals surface area contributed by atoms with Crippen LogP contribution in [-0.2, 0) is 0 Å². The third-order valence-corrected chi connectivity index (χ3v) is 3.06. The molecule has 1 atom stereocenters. The molecule has 0 aromatic heterocycles. The lowest BCUT2D eigenvalue weighted by atomic mass is 10.1. The van der Waals surface area contributed by atoms with Crippen LogP contribution >= 0.6 is 0 Å². The molecule has 1 rings (SSSR count). The highest BCUT2D eigenvalue weighted by molar-refractivity contribution is 5.55. The molecule has 0 amide bonds. The fraction of sp³-hybridized carbons (Fsp3) is 0.600. The molecule has 0 aliphatic rings. The van der Waals surface area contributed by atoms with E-state index >= 15 is 0 Å². The Balaban J connectivity index is 2.66. The summed E-state index contributed by atoms with van der Waals surface area (Å²) in [6.45, 7) is 2.50. The Kier molecular flexibility index (Phi) is 7.01. The minimum atomic E-state index is -0.251. The Labute approximate surface area is 120 Å². The van der Waals surface area contributed by atoms with Crippen LogP contribution in [-0.4, -0.2) is 39.1 Å². The van der Waals surface area contributed by atoms with E-state index in [1.54, 1.807) is 33.5 Å². The summed E-state index contributed by atoms with van der Waals surface area (Å²) < 4.78 is 21.4. The molecule has 0 aliphatic carbocycles. The first-order valence-electron chi connectivity index (χ1n) is 6.77. The molecule has 0 heterocycles. The summed E-state index contributed by atoms with van der Waals surface area (Å²) in [6.07, 6.45) is 2.05. The molecule has 0 saturated carbocycles. The summed E-state index contributed by atoms with van der Waals surface area (Å²) in [6, 6.07) is 3.52. The second-order valence-corrected chi connectivity index (χ2v) is 4.41. The maximum Gasteiger partial charge on any atom is 0.203 e. The van der Waals surface area contributed by atoms with Gasteiger partial charge in [-0.3, -0.25) is 0 Å². The number of aliphatic hydroxyl groups is 1. The zero-order valence-electron chi connectivity index (χ0n) is 12.6. The summed E-state index contributed by atoms with van der Waals surface area (Å²) in [5.41, 5.74) is 0. The molecule has 1 aromatic carbocycles. The Morgan fingerprint density at radius 2 is 1.65 bits per heavy atom. The number of rotatable bonds is 9. The average molecular weight is 284 g/mol. The van der Waals surface area contributed by atoms with Gasteiger partial charge in [0.2, 0.25) is 5.75 Å². The Morgan fingerprint density at radius 1 is 1.05 bits per heavy atom. The first kappa shape index (κ1) is 16.4. The van der Waals surface area contributed by atoms with Crippen molar-refractivity contribution in [3.05, 3.63) is 12.1 Å². The number of aliphatic hydroxyl groups excluding tert-OH is 1. The lowest BCUT2D eigenvalue weighted by molar-refractivity contribution is 0.148. The minimum absolute atomic E-state index is 0.251. The van der Waals surface area contributed by atoms with Gasteiger partial charge in [0, 0.05) is 12.1 Å². The van der Waals surface area contributed by atoms with Crippen molar-refractivity contribution in [3.8, 4) is 23.0 Å². The van der Waals surface area contributed by atoms with E-state index in [1.165, 1.54) is 0 Å². The van der Waals surface area contributed by atoms with E-state index < -0.39 is 0 Å². The first-order valence-corrected chi connectivity index (χ1v) is 6.77. The van der Waals surface area contributed by atoms with E-state index in [1.807, 2.05) is 6.92 Å². The van der Waals surface area contributed by atoms with Crippen LogP contribution in [0.25, 0.3) is 0 Å². The molecule has 5 nitrogen and oxygen atoms in total. The standard InChI is InChI=1S/C15H24O5/c1-5-11(16)7-6-8-20-12-9-13(17-2)15(19-4)14(10-12)18-3/h9-11,16H,5-8H2,1-4H3. The topological polar surface area (TPSA) is 57.2 Å². The van der Waals surface area contributed by atoms with Gasteiger partial charge in [-0.2, -0.15) is 0 Å². The minimum Gasteiger partial charge on any atom is -0.493 e. The summed E-state index contributed by atoms with van der Waals surface area (Å²) in [5, 5.41) is 9.48. The number of ether oxygens (including phenoxy) is 4. The quantitative estimate of drug-likeness (QED) is 0.706. The molecule has 0 fully saturated rings. The molecule has 20 heavy (non-hydrogen) atoms. The van der Waals surface area contributed by atoms with Gasteiger partial charge in [0.25, 0.3) is 0 Å². The number of hydrogen-bond acceptors (Lipinski definition) is 5. The average Bonchev–Trinajstić information content (AvgIpc) is 2.49. The van der Waals surface area contributed by atoms with Gasteiger partial charge in [0.15, 0.2) is 11.5 Å². The van der Waals surface area contributed by atoms with E-state index in [4.69, 9.17) is 18.9 Å². The van der Waals surface area contributed by atoms with E-state index in [2.05, 4.69) is 0 Å². The summed E-state index contributed by atoms with van der Waals surface area (Å²) in [4.78, 5) is 0. The molecule has 0 spiro atoms. The van der Waals surface area contributed by atoms with Gasteiger partial charge < -0.3 is 24.1 Å². The van der Waals surface area contributed by atoms with Crippen molar-refractivity contribution in [2.75, 3.05) is 27.9 Å². The highest BCUT2D eigenvalue weighted by atomic mass is 16.5.